The third-order valence-electron chi connectivity index (χ3n) is 6.15. The Morgan fingerprint density at radius 3 is 2.67 bits per heavy atom. The molecule has 0 unspecified atom stereocenters. The quantitative estimate of drug-likeness (QED) is 0.435. The number of hydrogen-bond acceptors (Lipinski definition) is 6. The van der Waals surface area contributed by atoms with Crippen molar-refractivity contribution in [2.75, 3.05) is 5.32 Å². The number of carbonyl (C=O) groups is 1. The first-order valence-corrected chi connectivity index (χ1v) is 13.3. The summed E-state index contributed by atoms with van der Waals surface area (Å²) in [5.74, 6) is -0.327. The molecular weight excluding hydrogens is 456 g/mol. The molecule has 0 radical (unpaired) electrons. The summed E-state index contributed by atoms with van der Waals surface area (Å²) >= 11 is 1.55. The van der Waals surface area contributed by atoms with Crippen molar-refractivity contribution >= 4 is 43.8 Å². The van der Waals surface area contributed by atoms with E-state index < -0.39 is 9.84 Å². The van der Waals surface area contributed by atoms with Crippen molar-refractivity contribution < 1.29 is 13.2 Å². The third-order valence-corrected chi connectivity index (χ3v) is 9.30. The van der Waals surface area contributed by atoms with E-state index in [4.69, 9.17) is 4.98 Å². The molecule has 1 amide bonds. The van der Waals surface area contributed by atoms with Gasteiger partial charge in [0, 0.05) is 12.7 Å². The van der Waals surface area contributed by atoms with Crippen LogP contribution in [0.25, 0.3) is 21.6 Å². The number of rotatable bonds is 5. The van der Waals surface area contributed by atoms with E-state index in [1.807, 2.05) is 24.4 Å². The lowest BCUT2D eigenvalue weighted by atomic mass is 10.1. The monoisotopic (exact) mass is 480 g/mol. The van der Waals surface area contributed by atoms with Crippen LogP contribution in [-0.2, 0) is 16.9 Å². The number of sulfone groups is 1. The molecule has 4 aromatic rings. The molecule has 1 aromatic carbocycles. The van der Waals surface area contributed by atoms with Gasteiger partial charge in [0.1, 0.15) is 0 Å². The van der Waals surface area contributed by atoms with E-state index in [1.165, 1.54) is 0 Å². The first kappa shape index (κ1) is 21.8. The Morgan fingerprint density at radius 1 is 1.15 bits per heavy atom. The van der Waals surface area contributed by atoms with Crippen molar-refractivity contribution in [3.05, 3.63) is 59.1 Å². The van der Waals surface area contributed by atoms with E-state index in [2.05, 4.69) is 10.4 Å². The standard InChI is InChI=1S/C24H24N4O3S2/c1-15-22-19(14-20(21-11-6-12-32-21)26-23(22)28(2)27-15)24(29)25-16-7-5-10-18(13-16)33(30,31)17-8-3-4-9-17/h5-7,10-14,17H,3-4,8-9H2,1-2H3,(H,25,29). The minimum Gasteiger partial charge on any atom is -0.322 e. The summed E-state index contributed by atoms with van der Waals surface area (Å²) in [6.07, 6.45) is 3.27. The summed E-state index contributed by atoms with van der Waals surface area (Å²) in [7, 11) is -1.60. The van der Waals surface area contributed by atoms with E-state index in [1.54, 1.807) is 53.4 Å². The molecule has 1 saturated carbocycles. The highest BCUT2D eigenvalue weighted by Crippen LogP contribution is 2.32. The van der Waals surface area contributed by atoms with Crippen molar-refractivity contribution in [3.63, 3.8) is 0 Å². The molecule has 3 aromatic heterocycles. The van der Waals surface area contributed by atoms with Crippen LogP contribution in [-0.4, -0.2) is 34.3 Å². The zero-order valence-electron chi connectivity index (χ0n) is 18.4. The molecule has 33 heavy (non-hydrogen) atoms. The molecule has 3 heterocycles. The lowest BCUT2D eigenvalue weighted by Gasteiger charge is -2.13. The van der Waals surface area contributed by atoms with Gasteiger partial charge in [0.05, 0.1) is 37.4 Å². The van der Waals surface area contributed by atoms with Crippen molar-refractivity contribution in [2.24, 2.45) is 7.05 Å². The van der Waals surface area contributed by atoms with Gasteiger partial charge in [-0.2, -0.15) is 5.10 Å². The minimum absolute atomic E-state index is 0.254. The van der Waals surface area contributed by atoms with Crippen molar-refractivity contribution in [1.29, 1.82) is 0 Å². The van der Waals surface area contributed by atoms with Crippen molar-refractivity contribution in [3.8, 4) is 10.6 Å². The lowest BCUT2D eigenvalue weighted by molar-refractivity contribution is 0.102. The predicted octanol–water partition coefficient (Wildman–Crippen LogP) is 4.97. The van der Waals surface area contributed by atoms with E-state index >= 15 is 0 Å². The highest BCUT2D eigenvalue weighted by Gasteiger charge is 2.30. The van der Waals surface area contributed by atoms with Crippen molar-refractivity contribution in [2.45, 2.75) is 42.8 Å². The fourth-order valence-corrected chi connectivity index (χ4v) is 7.10. The van der Waals surface area contributed by atoms with Gasteiger partial charge in [-0.3, -0.25) is 9.48 Å². The Morgan fingerprint density at radius 2 is 1.94 bits per heavy atom. The van der Waals surface area contributed by atoms with Gasteiger partial charge < -0.3 is 5.32 Å². The number of benzene rings is 1. The topological polar surface area (TPSA) is 93.9 Å². The number of hydrogen-bond donors (Lipinski definition) is 1. The minimum atomic E-state index is -3.41. The summed E-state index contributed by atoms with van der Waals surface area (Å²) in [6, 6.07) is 12.2. The fraction of sp³-hybridized carbons (Fsp3) is 0.292. The highest BCUT2D eigenvalue weighted by atomic mass is 32.2. The van der Waals surface area contributed by atoms with Gasteiger partial charge in [-0.05, 0) is 55.5 Å². The molecule has 9 heteroatoms. The second kappa shape index (κ2) is 8.39. The van der Waals surface area contributed by atoms with Gasteiger partial charge in [0.25, 0.3) is 5.91 Å². The van der Waals surface area contributed by atoms with E-state index in [-0.39, 0.29) is 16.1 Å². The normalized spacial score (nSPS) is 14.7. The summed E-state index contributed by atoms with van der Waals surface area (Å²) in [5, 5.41) is 9.66. The Bertz CT molecular complexity index is 1450. The van der Waals surface area contributed by atoms with E-state index in [0.717, 1.165) is 17.7 Å². The molecule has 0 saturated heterocycles. The summed E-state index contributed by atoms with van der Waals surface area (Å²) < 4.78 is 27.7. The maximum atomic E-state index is 13.4. The fourth-order valence-electron chi connectivity index (χ4n) is 4.51. The van der Waals surface area contributed by atoms with Crippen LogP contribution in [0.15, 0.2) is 52.7 Å². The molecule has 1 fully saturated rings. The number of amides is 1. The first-order chi connectivity index (χ1) is 15.8. The van der Waals surface area contributed by atoms with Crippen LogP contribution >= 0.6 is 11.3 Å². The number of anilines is 1. The number of carbonyl (C=O) groups excluding carboxylic acids is 1. The van der Waals surface area contributed by atoms with Crippen LogP contribution in [0.4, 0.5) is 5.69 Å². The molecular formula is C24H24N4O3S2. The number of thiophene rings is 1. The van der Waals surface area contributed by atoms with E-state index in [9.17, 15) is 13.2 Å². The number of aryl methyl sites for hydroxylation is 2. The highest BCUT2D eigenvalue weighted by molar-refractivity contribution is 7.92. The molecule has 0 aliphatic heterocycles. The third kappa shape index (κ3) is 3.95. The van der Waals surface area contributed by atoms with Gasteiger partial charge in [-0.1, -0.05) is 25.0 Å². The SMILES string of the molecule is Cc1nn(C)c2nc(-c3cccs3)cc(C(=O)Nc3cccc(S(=O)(=O)C4CCCC4)c3)c12. The number of nitrogens with zero attached hydrogens (tertiary/aromatic N) is 3. The van der Waals surface area contributed by atoms with Crippen LogP contribution in [0.3, 0.4) is 0 Å². The molecule has 1 N–H and O–H groups in total. The lowest BCUT2D eigenvalue weighted by Crippen LogP contribution is -2.18. The van der Waals surface area contributed by atoms with E-state index in [0.29, 0.717) is 46.5 Å². The Labute approximate surface area is 196 Å². The second-order valence-corrected chi connectivity index (χ2v) is 11.5. The molecule has 0 spiro atoms. The predicted molar refractivity (Wildman–Crippen MR) is 130 cm³/mol. The van der Waals surface area contributed by atoms with Crippen LogP contribution in [0.1, 0.15) is 41.7 Å². The molecule has 0 bridgehead atoms. The van der Waals surface area contributed by atoms with Gasteiger partial charge >= 0.3 is 0 Å². The Kier molecular flexibility index (Phi) is 5.54. The largest absolute Gasteiger partial charge is 0.322 e. The number of aromatic nitrogens is 3. The summed E-state index contributed by atoms with van der Waals surface area (Å²) in [5.41, 5.74) is 2.94. The number of nitrogens with one attached hydrogen (secondary N) is 1. The van der Waals surface area contributed by atoms with Crippen LogP contribution in [0.5, 0.6) is 0 Å². The zero-order valence-corrected chi connectivity index (χ0v) is 20.0. The molecule has 7 nitrogen and oxygen atoms in total. The average Bonchev–Trinajstić information content (AvgIpc) is 3.56. The average molecular weight is 481 g/mol. The Balaban J connectivity index is 1.52. The molecule has 0 atom stereocenters. The van der Waals surface area contributed by atoms with Gasteiger partial charge in [-0.15, -0.1) is 11.3 Å². The molecule has 1 aliphatic carbocycles. The van der Waals surface area contributed by atoms with Crippen molar-refractivity contribution in [1.82, 2.24) is 14.8 Å². The summed E-state index contributed by atoms with van der Waals surface area (Å²) in [6.45, 7) is 1.85. The Hall–Kier alpha value is -3.04. The molecule has 1 aliphatic rings. The first-order valence-electron chi connectivity index (χ1n) is 10.9. The molecule has 5 rings (SSSR count). The zero-order chi connectivity index (χ0) is 23.2. The van der Waals surface area contributed by atoms with Gasteiger partial charge in [0.15, 0.2) is 15.5 Å². The van der Waals surface area contributed by atoms with Gasteiger partial charge in [-0.25, -0.2) is 13.4 Å². The number of pyridine rings is 1. The molecule has 170 valence electrons. The smallest absolute Gasteiger partial charge is 0.256 e. The summed E-state index contributed by atoms with van der Waals surface area (Å²) in [4.78, 5) is 19.3. The second-order valence-electron chi connectivity index (χ2n) is 8.37. The maximum Gasteiger partial charge on any atom is 0.256 e. The maximum absolute atomic E-state index is 13.4. The van der Waals surface area contributed by atoms with Crippen LogP contribution in [0, 0.1) is 6.92 Å². The number of fused-ring (bicyclic) bond motifs is 1. The van der Waals surface area contributed by atoms with Crippen LogP contribution < -0.4 is 5.32 Å². The van der Waals surface area contributed by atoms with Gasteiger partial charge in [0.2, 0.25) is 0 Å². The van der Waals surface area contributed by atoms with Crippen LogP contribution in [0.2, 0.25) is 0 Å².